The predicted molar refractivity (Wildman–Crippen MR) is 51.3 cm³/mol. The molecule has 0 atom stereocenters. The number of halogens is 1. The van der Waals surface area contributed by atoms with Crippen molar-refractivity contribution in [2.24, 2.45) is 4.99 Å². The summed E-state index contributed by atoms with van der Waals surface area (Å²) in [6.45, 7) is 0. The van der Waals surface area contributed by atoms with Crippen LogP contribution in [0.25, 0.3) is 0 Å². The summed E-state index contributed by atoms with van der Waals surface area (Å²) in [6.07, 6.45) is 5.18. The zero-order valence-electron chi connectivity index (χ0n) is 7.20. The maximum Gasteiger partial charge on any atom is 0.126 e. The fraction of sp³-hybridized carbons (Fsp3) is 0.182. The third-order valence-electron chi connectivity index (χ3n) is 2.09. The first kappa shape index (κ1) is 8.17. The van der Waals surface area contributed by atoms with Crippen molar-refractivity contribution in [1.82, 2.24) is 0 Å². The molecule has 0 fully saturated rings. The van der Waals surface area contributed by atoms with Crippen LogP contribution < -0.4 is 0 Å². The highest BCUT2D eigenvalue weighted by atomic mass is 19.1. The Morgan fingerprint density at radius 3 is 2.85 bits per heavy atom. The van der Waals surface area contributed by atoms with E-state index in [0.29, 0.717) is 6.42 Å². The minimum atomic E-state index is -0.129. The molecule has 1 aliphatic rings. The monoisotopic (exact) mass is 175 g/mol. The summed E-state index contributed by atoms with van der Waals surface area (Å²) in [5, 5.41) is 0. The second kappa shape index (κ2) is 3.52. The summed E-state index contributed by atoms with van der Waals surface area (Å²) in [7, 11) is 0. The van der Waals surface area contributed by atoms with Gasteiger partial charge in [0.15, 0.2) is 0 Å². The van der Waals surface area contributed by atoms with Crippen molar-refractivity contribution in [2.75, 3.05) is 0 Å². The lowest BCUT2D eigenvalue weighted by molar-refractivity contribution is 0.613. The van der Waals surface area contributed by atoms with Crippen LogP contribution in [0.3, 0.4) is 0 Å². The van der Waals surface area contributed by atoms with E-state index in [0.717, 1.165) is 12.0 Å². The van der Waals surface area contributed by atoms with Gasteiger partial charge in [0, 0.05) is 18.8 Å². The molecule has 1 aromatic rings. The Bertz CT molecular complexity index is 366. The molecule has 0 saturated heterocycles. The van der Waals surface area contributed by atoms with Gasteiger partial charge < -0.3 is 0 Å². The molecule has 2 heteroatoms. The van der Waals surface area contributed by atoms with E-state index >= 15 is 0 Å². The second-order valence-electron chi connectivity index (χ2n) is 3.09. The van der Waals surface area contributed by atoms with Gasteiger partial charge in [0.05, 0.1) is 0 Å². The number of aliphatic imine (C=N–C) groups is 1. The van der Waals surface area contributed by atoms with Crippen molar-refractivity contribution in [2.45, 2.75) is 12.8 Å². The predicted octanol–water partition coefficient (Wildman–Crippen LogP) is 2.73. The number of benzene rings is 1. The molecule has 0 spiro atoms. The van der Waals surface area contributed by atoms with Gasteiger partial charge in [-0.3, -0.25) is 4.99 Å². The van der Waals surface area contributed by atoms with E-state index in [9.17, 15) is 4.39 Å². The molecule has 0 N–H and O–H groups in total. The van der Waals surface area contributed by atoms with Crippen LogP contribution in [-0.4, -0.2) is 6.21 Å². The molecule has 13 heavy (non-hydrogen) atoms. The maximum atomic E-state index is 13.2. The van der Waals surface area contributed by atoms with Crippen molar-refractivity contribution in [3.8, 4) is 0 Å². The number of allylic oxidation sites excluding steroid dienone is 1. The second-order valence-corrected chi connectivity index (χ2v) is 3.09. The van der Waals surface area contributed by atoms with Gasteiger partial charge in [0.2, 0.25) is 0 Å². The first-order chi connectivity index (χ1) is 6.36. The lowest BCUT2D eigenvalue weighted by Crippen LogP contribution is -1.92. The third-order valence-corrected chi connectivity index (χ3v) is 2.09. The Labute approximate surface area is 76.6 Å². The van der Waals surface area contributed by atoms with E-state index in [1.165, 1.54) is 11.6 Å². The first-order valence-corrected chi connectivity index (χ1v) is 4.29. The maximum absolute atomic E-state index is 13.2. The van der Waals surface area contributed by atoms with Gasteiger partial charge in [-0.15, -0.1) is 0 Å². The number of rotatable bonds is 2. The topological polar surface area (TPSA) is 12.4 Å². The molecule has 1 heterocycles. The summed E-state index contributed by atoms with van der Waals surface area (Å²) >= 11 is 0. The molecular formula is C11H10FN. The number of nitrogens with zero attached hydrogens (tertiary/aromatic N) is 1. The fourth-order valence-electron chi connectivity index (χ4n) is 1.38. The Morgan fingerprint density at radius 2 is 2.15 bits per heavy atom. The van der Waals surface area contributed by atoms with Crippen LogP contribution >= 0.6 is 0 Å². The summed E-state index contributed by atoms with van der Waals surface area (Å²) in [6, 6.07) is 6.87. The van der Waals surface area contributed by atoms with Crippen molar-refractivity contribution in [3.63, 3.8) is 0 Å². The lowest BCUT2D eigenvalue weighted by atomic mass is 10.0. The summed E-state index contributed by atoms with van der Waals surface area (Å²) in [5.74, 6) is -0.129. The van der Waals surface area contributed by atoms with Gasteiger partial charge in [0.1, 0.15) is 5.82 Å². The molecule has 0 bridgehead atoms. The van der Waals surface area contributed by atoms with Gasteiger partial charge in [-0.05, 0) is 23.6 Å². The van der Waals surface area contributed by atoms with Crippen LogP contribution in [0.1, 0.15) is 12.0 Å². The van der Waals surface area contributed by atoms with Crippen LogP contribution in [0.2, 0.25) is 0 Å². The van der Waals surface area contributed by atoms with E-state index in [-0.39, 0.29) is 5.82 Å². The van der Waals surface area contributed by atoms with Crippen molar-refractivity contribution < 1.29 is 4.39 Å². The molecule has 0 amide bonds. The quantitative estimate of drug-likeness (QED) is 0.655. The van der Waals surface area contributed by atoms with Crippen molar-refractivity contribution in [3.05, 3.63) is 47.4 Å². The molecule has 0 radical (unpaired) electrons. The standard InChI is InChI=1S/C11H10FN/c12-11-4-2-1-3-10(11)7-9-5-6-13-8-9/h1-4,6,8H,5,7H2. The SMILES string of the molecule is Fc1ccccc1CC1=CN=CC1. The molecule has 0 unspecified atom stereocenters. The van der Waals surface area contributed by atoms with Gasteiger partial charge >= 0.3 is 0 Å². The average Bonchev–Trinajstić information content (AvgIpc) is 2.61. The van der Waals surface area contributed by atoms with Gasteiger partial charge in [-0.1, -0.05) is 18.2 Å². The van der Waals surface area contributed by atoms with E-state index < -0.39 is 0 Å². The Morgan fingerprint density at radius 1 is 1.31 bits per heavy atom. The molecule has 0 saturated carbocycles. The molecule has 0 aliphatic carbocycles. The number of hydrogen-bond acceptors (Lipinski definition) is 1. The largest absolute Gasteiger partial charge is 0.269 e. The van der Waals surface area contributed by atoms with Crippen LogP contribution in [0.4, 0.5) is 4.39 Å². The van der Waals surface area contributed by atoms with Crippen LogP contribution in [0.15, 0.2) is 41.0 Å². The minimum Gasteiger partial charge on any atom is -0.269 e. The third kappa shape index (κ3) is 1.83. The zero-order valence-corrected chi connectivity index (χ0v) is 7.20. The average molecular weight is 175 g/mol. The Hall–Kier alpha value is -1.44. The van der Waals surface area contributed by atoms with Crippen LogP contribution in [0.5, 0.6) is 0 Å². The summed E-state index contributed by atoms with van der Waals surface area (Å²) in [5.41, 5.74) is 1.92. The zero-order chi connectivity index (χ0) is 9.10. The first-order valence-electron chi connectivity index (χ1n) is 4.29. The minimum absolute atomic E-state index is 0.129. The molecule has 1 aromatic carbocycles. The molecule has 1 aliphatic heterocycles. The van der Waals surface area contributed by atoms with Gasteiger partial charge in [-0.2, -0.15) is 0 Å². The highest BCUT2D eigenvalue weighted by molar-refractivity contribution is 5.65. The number of hydrogen-bond donors (Lipinski definition) is 0. The molecule has 2 rings (SSSR count). The van der Waals surface area contributed by atoms with Crippen LogP contribution in [0, 0.1) is 5.82 Å². The van der Waals surface area contributed by atoms with Crippen molar-refractivity contribution in [1.29, 1.82) is 0 Å². The molecular weight excluding hydrogens is 165 g/mol. The molecule has 66 valence electrons. The van der Waals surface area contributed by atoms with Gasteiger partial charge in [0.25, 0.3) is 0 Å². The smallest absolute Gasteiger partial charge is 0.126 e. The van der Waals surface area contributed by atoms with E-state index in [1.807, 2.05) is 24.5 Å². The Balaban J connectivity index is 2.14. The molecule has 1 nitrogen and oxygen atoms in total. The Kier molecular flexibility index (Phi) is 2.21. The summed E-state index contributed by atoms with van der Waals surface area (Å²) < 4.78 is 13.2. The van der Waals surface area contributed by atoms with E-state index in [1.54, 1.807) is 6.07 Å². The normalized spacial score (nSPS) is 14.7. The van der Waals surface area contributed by atoms with Crippen LogP contribution in [-0.2, 0) is 6.42 Å². The van der Waals surface area contributed by atoms with Gasteiger partial charge in [-0.25, -0.2) is 4.39 Å². The van der Waals surface area contributed by atoms with Crippen molar-refractivity contribution >= 4 is 6.21 Å². The summed E-state index contributed by atoms with van der Waals surface area (Å²) in [4.78, 5) is 3.98. The highest BCUT2D eigenvalue weighted by Crippen LogP contribution is 2.16. The molecule has 0 aromatic heterocycles. The van der Waals surface area contributed by atoms with E-state index in [2.05, 4.69) is 4.99 Å². The fourth-order valence-corrected chi connectivity index (χ4v) is 1.38. The lowest BCUT2D eigenvalue weighted by Gasteiger charge is -2.02. The van der Waals surface area contributed by atoms with E-state index in [4.69, 9.17) is 0 Å². The highest BCUT2D eigenvalue weighted by Gasteiger charge is 2.05.